The van der Waals surface area contributed by atoms with Crippen molar-refractivity contribution in [1.82, 2.24) is 9.80 Å². The van der Waals surface area contributed by atoms with E-state index in [-0.39, 0.29) is 5.46 Å². The van der Waals surface area contributed by atoms with Crippen molar-refractivity contribution >= 4 is 12.6 Å². The fourth-order valence-electron chi connectivity index (χ4n) is 2.88. The molecule has 0 radical (unpaired) electrons. The summed E-state index contributed by atoms with van der Waals surface area (Å²) in [5.74, 6) is -0.443. The molecule has 1 heterocycles. The van der Waals surface area contributed by atoms with Gasteiger partial charge in [0.05, 0.1) is 0 Å². The molecule has 1 unspecified atom stereocenters. The summed E-state index contributed by atoms with van der Waals surface area (Å²) < 4.78 is 13.2. The summed E-state index contributed by atoms with van der Waals surface area (Å²) in [6.45, 7) is 8.91. The molecule has 1 aliphatic heterocycles. The summed E-state index contributed by atoms with van der Waals surface area (Å²) in [4.78, 5) is 4.69. The van der Waals surface area contributed by atoms with Gasteiger partial charge in [0, 0.05) is 32.2 Å². The monoisotopic (exact) mass is 280 g/mol. The lowest BCUT2D eigenvalue weighted by Gasteiger charge is -2.39. The maximum atomic E-state index is 13.2. The Kier molecular flexibility index (Phi) is 5.15. The molecular formula is C14H22BFN2O2. The van der Waals surface area contributed by atoms with E-state index in [1.807, 2.05) is 0 Å². The maximum absolute atomic E-state index is 13.2. The van der Waals surface area contributed by atoms with E-state index in [2.05, 4.69) is 23.6 Å². The molecular weight excluding hydrogens is 258 g/mol. The number of likely N-dealkylation sites (N-methyl/N-ethyl adjacent to an activating group) is 1. The molecule has 2 rings (SSSR count). The van der Waals surface area contributed by atoms with Crippen LogP contribution in [0.15, 0.2) is 18.2 Å². The van der Waals surface area contributed by atoms with Crippen molar-refractivity contribution in [2.24, 2.45) is 0 Å². The minimum atomic E-state index is -1.63. The third-order valence-corrected chi connectivity index (χ3v) is 4.04. The Hall–Kier alpha value is -0.945. The molecule has 1 aromatic rings. The van der Waals surface area contributed by atoms with Crippen molar-refractivity contribution in [3.05, 3.63) is 29.6 Å². The van der Waals surface area contributed by atoms with Crippen LogP contribution in [0.4, 0.5) is 4.39 Å². The molecule has 1 atom stereocenters. The third kappa shape index (κ3) is 3.58. The van der Waals surface area contributed by atoms with Gasteiger partial charge in [-0.05, 0) is 36.6 Å². The molecule has 0 spiro atoms. The summed E-state index contributed by atoms with van der Waals surface area (Å²) in [7, 11) is -1.63. The van der Waals surface area contributed by atoms with E-state index in [0.29, 0.717) is 12.6 Å². The second kappa shape index (κ2) is 6.67. The van der Waals surface area contributed by atoms with Gasteiger partial charge in [0.2, 0.25) is 0 Å². The fraction of sp³-hybridized carbons (Fsp3) is 0.571. The Morgan fingerprint density at radius 2 is 2.10 bits per heavy atom. The van der Waals surface area contributed by atoms with E-state index < -0.39 is 12.9 Å². The number of halogens is 1. The number of piperazine rings is 1. The van der Waals surface area contributed by atoms with E-state index in [4.69, 9.17) is 0 Å². The van der Waals surface area contributed by atoms with Crippen LogP contribution < -0.4 is 5.46 Å². The largest absolute Gasteiger partial charge is 0.488 e. The van der Waals surface area contributed by atoms with Gasteiger partial charge in [-0.25, -0.2) is 4.39 Å². The Balaban J connectivity index is 2.07. The molecule has 6 heteroatoms. The van der Waals surface area contributed by atoms with Crippen LogP contribution in [0.2, 0.25) is 0 Å². The Morgan fingerprint density at radius 1 is 1.35 bits per heavy atom. The second-order valence-electron chi connectivity index (χ2n) is 5.43. The van der Waals surface area contributed by atoms with Crippen LogP contribution in [0.5, 0.6) is 0 Å². The van der Waals surface area contributed by atoms with Gasteiger partial charge in [-0.3, -0.25) is 9.80 Å². The van der Waals surface area contributed by atoms with E-state index in [9.17, 15) is 14.4 Å². The highest BCUT2D eigenvalue weighted by atomic mass is 19.1. The van der Waals surface area contributed by atoms with Crippen molar-refractivity contribution in [3.8, 4) is 0 Å². The predicted molar refractivity (Wildman–Crippen MR) is 78.2 cm³/mol. The zero-order chi connectivity index (χ0) is 14.7. The summed E-state index contributed by atoms with van der Waals surface area (Å²) in [6.07, 6.45) is 0. The molecule has 0 saturated carbocycles. The zero-order valence-electron chi connectivity index (χ0n) is 12.1. The molecule has 0 aliphatic carbocycles. The Morgan fingerprint density at radius 3 is 2.70 bits per heavy atom. The Labute approximate surface area is 120 Å². The van der Waals surface area contributed by atoms with Gasteiger partial charge >= 0.3 is 7.12 Å². The molecule has 2 N–H and O–H groups in total. The molecule has 1 fully saturated rings. The van der Waals surface area contributed by atoms with Gasteiger partial charge in [0.15, 0.2) is 0 Å². The minimum Gasteiger partial charge on any atom is -0.423 e. The van der Waals surface area contributed by atoms with Crippen molar-refractivity contribution in [2.75, 3.05) is 26.2 Å². The Bertz CT molecular complexity index is 459. The molecule has 1 aromatic carbocycles. The van der Waals surface area contributed by atoms with Gasteiger partial charge < -0.3 is 10.0 Å². The van der Waals surface area contributed by atoms with Crippen LogP contribution in [0, 0.1) is 5.82 Å². The van der Waals surface area contributed by atoms with Crippen molar-refractivity contribution in [3.63, 3.8) is 0 Å². The number of rotatable bonds is 4. The van der Waals surface area contributed by atoms with E-state index in [1.54, 1.807) is 6.07 Å². The zero-order valence-corrected chi connectivity index (χ0v) is 12.1. The van der Waals surface area contributed by atoms with Gasteiger partial charge in [-0.15, -0.1) is 0 Å². The lowest BCUT2D eigenvalue weighted by molar-refractivity contribution is 0.0836. The third-order valence-electron chi connectivity index (χ3n) is 4.04. The first kappa shape index (κ1) is 15.4. The standard InChI is InChI=1S/C14H22BFN2O2/c1-3-18-7-6-17(9-11(18)2)10-12-4-5-13(16)8-14(12)15(19)20/h4-5,8,11,19-20H,3,6-7,9-10H2,1-2H3. The quantitative estimate of drug-likeness (QED) is 0.764. The van der Waals surface area contributed by atoms with Crippen LogP contribution >= 0.6 is 0 Å². The van der Waals surface area contributed by atoms with Crippen LogP contribution in [0.1, 0.15) is 19.4 Å². The number of nitrogens with zero attached hydrogens (tertiary/aromatic N) is 2. The van der Waals surface area contributed by atoms with E-state index in [0.717, 1.165) is 31.7 Å². The summed E-state index contributed by atoms with van der Waals surface area (Å²) >= 11 is 0. The molecule has 110 valence electrons. The molecule has 0 bridgehead atoms. The summed E-state index contributed by atoms with van der Waals surface area (Å²) in [5, 5.41) is 18.7. The van der Waals surface area contributed by atoms with Crippen molar-refractivity contribution in [2.45, 2.75) is 26.4 Å². The second-order valence-corrected chi connectivity index (χ2v) is 5.43. The average Bonchev–Trinajstić information content (AvgIpc) is 2.41. The normalized spacial score (nSPS) is 21.1. The summed E-state index contributed by atoms with van der Waals surface area (Å²) in [6, 6.07) is 4.69. The minimum absolute atomic E-state index is 0.260. The first-order chi connectivity index (χ1) is 9.51. The van der Waals surface area contributed by atoms with Crippen LogP contribution in [-0.4, -0.2) is 59.2 Å². The van der Waals surface area contributed by atoms with Gasteiger partial charge in [-0.2, -0.15) is 0 Å². The number of benzene rings is 1. The highest BCUT2D eigenvalue weighted by Crippen LogP contribution is 2.12. The molecule has 0 aromatic heterocycles. The highest BCUT2D eigenvalue weighted by Gasteiger charge is 2.24. The van der Waals surface area contributed by atoms with E-state index in [1.165, 1.54) is 12.1 Å². The van der Waals surface area contributed by atoms with Gasteiger partial charge in [0.1, 0.15) is 5.82 Å². The molecule has 4 nitrogen and oxygen atoms in total. The highest BCUT2D eigenvalue weighted by molar-refractivity contribution is 6.59. The fourth-order valence-corrected chi connectivity index (χ4v) is 2.88. The lowest BCUT2D eigenvalue weighted by Crippen LogP contribution is -2.51. The molecule has 1 aliphatic rings. The first-order valence-electron chi connectivity index (χ1n) is 7.12. The SMILES string of the molecule is CCN1CCN(Cc2ccc(F)cc2B(O)O)CC1C. The first-order valence-corrected chi connectivity index (χ1v) is 7.12. The number of hydrogen-bond donors (Lipinski definition) is 2. The number of hydrogen-bond acceptors (Lipinski definition) is 4. The van der Waals surface area contributed by atoms with Crippen molar-refractivity contribution < 1.29 is 14.4 Å². The predicted octanol–water partition coefficient (Wildman–Crippen LogP) is 0.0315. The smallest absolute Gasteiger partial charge is 0.423 e. The molecule has 20 heavy (non-hydrogen) atoms. The van der Waals surface area contributed by atoms with Crippen LogP contribution in [-0.2, 0) is 6.54 Å². The summed E-state index contributed by atoms with van der Waals surface area (Å²) in [5.41, 5.74) is 1.04. The average molecular weight is 280 g/mol. The van der Waals surface area contributed by atoms with Crippen LogP contribution in [0.25, 0.3) is 0 Å². The lowest BCUT2D eigenvalue weighted by atomic mass is 9.77. The van der Waals surface area contributed by atoms with Crippen molar-refractivity contribution in [1.29, 1.82) is 0 Å². The van der Waals surface area contributed by atoms with E-state index >= 15 is 0 Å². The van der Waals surface area contributed by atoms with Crippen LogP contribution in [0.3, 0.4) is 0 Å². The molecule has 0 amide bonds. The maximum Gasteiger partial charge on any atom is 0.488 e. The molecule has 1 saturated heterocycles. The topological polar surface area (TPSA) is 46.9 Å². The van der Waals surface area contributed by atoms with Gasteiger partial charge in [-0.1, -0.05) is 13.0 Å². The van der Waals surface area contributed by atoms with Gasteiger partial charge in [0.25, 0.3) is 0 Å².